The third-order valence-corrected chi connectivity index (χ3v) is 4.76. The van der Waals surface area contributed by atoms with Gasteiger partial charge in [-0.3, -0.25) is 0 Å². The van der Waals surface area contributed by atoms with Crippen molar-refractivity contribution >= 4 is 9.84 Å². The summed E-state index contributed by atoms with van der Waals surface area (Å²) in [7, 11) is -3.20. The summed E-state index contributed by atoms with van der Waals surface area (Å²) in [6, 6.07) is 20.9. The summed E-state index contributed by atoms with van der Waals surface area (Å²) in [5.74, 6) is -0.273. The maximum absolute atomic E-state index is 13.4. The molecule has 0 unspecified atom stereocenters. The van der Waals surface area contributed by atoms with Gasteiger partial charge in [-0.15, -0.1) is 0 Å². The number of halogens is 1. The molecule has 23 heavy (non-hydrogen) atoms. The van der Waals surface area contributed by atoms with Crippen molar-refractivity contribution in [3.63, 3.8) is 0 Å². The first-order valence-corrected chi connectivity index (χ1v) is 8.99. The van der Waals surface area contributed by atoms with Gasteiger partial charge in [0.15, 0.2) is 9.84 Å². The lowest BCUT2D eigenvalue weighted by Gasteiger charge is -2.07. The van der Waals surface area contributed by atoms with Crippen LogP contribution < -0.4 is 0 Å². The molecule has 0 aliphatic heterocycles. The largest absolute Gasteiger partial charge is 0.224 e. The molecule has 116 valence electrons. The minimum absolute atomic E-state index is 0.273. The second kappa shape index (κ2) is 5.97. The van der Waals surface area contributed by atoms with Crippen LogP contribution in [0, 0.1) is 5.82 Å². The summed E-state index contributed by atoms with van der Waals surface area (Å²) in [6.45, 7) is 0. The first kappa shape index (κ1) is 15.4. The van der Waals surface area contributed by atoms with Crippen molar-refractivity contribution in [3.05, 3.63) is 78.6 Å². The van der Waals surface area contributed by atoms with Crippen molar-refractivity contribution in [2.45, 2.75) is 4.90 Å². The molecule has 0 atom stereocenters. The lowest BCUT2D eigenvalue weighted by atomic mass is 9.99. The highest BCUT2D eigenvalue weighted by Crippen LogP contribution is 2.27. The fraction of sp³-hybridized carbons (Fsp3) is 0.0526. The van der Waals surface area contributed by atoms with Gasteiger partial charge in [0.1, 0.15) is 5.82 Å². The molecular weight excluding hydrogens is 311 g/mol. The Morgan fingerprint density at radius 1 is 0.696 bits per heavy atom. The first-order chi connectivity index (χ1) is 10.9. The molecule has 2 nitrogen and oxygen atoms in total. The minimum Gasteiger partial charge on any atom is -0.224 e. The first-order valence-electron chi connectivity index (χ1n) is 7.10. The van der Waals surface area contributed by atoms with E-state index < -0.39 is 9.84 Å². The molecule has 0 saturated carbocycles. The van der Waals surface area contributed by atoms with Crippen LogP contribution in [0.3, 0.4) is 0 Å². The molecule has 0 aromatic heterocycles. The molecule has 0 aliphatic rings. The van der Waals surface area contributed by atoms with E-state index in [2.05, 4.69) is 0 Å². The number of benzene rings is 3. The Kier molecular flexibility index (Phi) is 4.01. The van der Waals surface area contributed by atoms with Crippen LogP contribution in [-0.2, 0) is 9.84 Å². The van der Waals surface area contributed by atoms with Crippen LogP contribution >= 0.6 is 0 Å². The lowest BCUT2D eigenvalue weighted by molar-refractivity contribution is 0.602. The molecule has 0 saturated heterocycles. The average molecular weight is 326 g/mol. The van der Waals surface area contributed by atoms with Crippen LogP contribution in [0.15, 0.2) is 77.7 Å². The third kappa shape index (κ3) is 3.48. The molecule has 3 rings (SSSR count). The monoisotopic (exact) mass is 326 g/mol. The van der Waals surface area contributed by atoms with E-state index in [4.69, 9.17) is 0 Å². The van der Waals surface area contributed by atoms with Gasteiger partial charge in [0.05, 0.1) is 4.90 Å². The van der Waals surface area contributed by atoms with Gasteiger partial charge in [0, 0.05) is 6.26 Å². The van der Waals surface area contributed by atoms with Gasteiger partial charge in [-0.25, -0.2) is 12.8 Å². The Morgan fingerprint density at radius 2 is 1.22 bits per heavy atom. The number of sulfone groups is 1. The normalized spacial score (nSPS) is 11.4. The van der Waals surface area contributed by atoms with E-state index in [0.717, 1.165) is 22.3 Å². The van der Waals surface area contributed by atoms with E-state index in [1.807, 2.05) is 30.3 Å². The van der Waals surface area contributed by atoms with E-state index >= 15 is 0 Å². The molecule has 0 amide bonds. The topological polar surface area (TPSA) is 34.1 Å². The van der Waals surface area contributed by atoms with Crippen LogP contribution in [-0.4, -0.2) is 14.7 Å². The maximum atomic E-state index is 13.4. The Hall–Kier alpha value is -2.46. The van der Waals surface area contributed by atoms with E-state index in [-0.39, 0.29) is 5.82 Å². The summed E-state index contributed by atoms with van der Waals surface area (Å²) in [5, 5.41) is 0. The molecule has 4 heteroatoms. The number of rotatable bonds is 3. The van der Waals surface area contributed by atoms with Crippen molar-refractivity contribution in [1.29, 1.82) is 0 Å². The highest BCUT2D eigenvalue weighted by molar-refractivity contribution is 7.90. The van der Waals surface area contributed by atoms with E-state index in [9.17, 15) is 12.8 Å². The van der Waals surface area contributed by atoms with Crippen LogP contribution in [0.5, 0.6) is 0 Å². The minimum atomic E-state index is -3.20. The highest BCUT2D eigenvalue weighted by atomic mass is 32.2. The second-order valence-electron chi connectivity index (χ2n) is 5.39. The number of hydrogen-bond acceptors (Lipinski definition) is 2. The molecule has 0 bridgehead atoms. The Bertz CT molecular complexity index is 945. The van der Waals surface area contributed by atoms with Crippen LogP contribution in [0.4, 0.5) is 4.39 Å². The van der Waals surface area contributed by atoms with E-state index in [0.29, 0.717) is 4.90 Å². The molecule has 0 N–H and O–H groups in total. The van der Waals surface area contributed by atoms with Crippen LogP contribution in [0.2, 0.25) is 0 Å². The smallest absolute Gasteiger partial charge is 0.175 e. The van der Waals surface area contributed by atoms with Crippen molar-refractivity contribution in [2.75, 3.05) is 6.26 Å². The van der Waals surface area contributed by atoms with Crippen LogP contribution in [0.25, 0.3) is 22.3 Å². The fourth-order valence-corrected chi connectivity index (χ4v) is 3.07. The molecule has 0 spiro atoms. The lowest BCUT2D eigenvalue weighted by Crippen LogP contribution is -1.96. The Morgan fingerprint density at radius 3 is 1.78 bits per heavy atom. The van der Waals surface area contributed by atoms with Crippen molar-refractivity contribution in [3.8, 4) is 22.3 Å². The zero-order valence-electron chi connectivity index (χ0n) is 12.5. The van der Waals surface area contributed by atoms with Gasteiger partial charge in [-0.05, 0) is 52.6 Å². The van der Waals surface area contributed by atoms with Gasteiger partial charge in [0.2, 0.25) is 0 Å². The van der Waals surface area contributed by atoms with Gasteiger partial charge in [-0.2, -0.15) is 0 Å². The van der Waals surface area contributed by atoms with Crippen molar-refractivity contribution in [1.82, 2.24) is 0 Å². The van der Waals surface area contributed by atoms with Crippen molar-refractivity contribution < 1.29 is 12.8 Å². The summed E-state index contributed by atoms with van der Waals surface area (Å²) >= 11 is 0. The molecule has 0 heterocycles. The van der Waals surface area contributed by atoms with Gasteiger partial charge in [0.25, 0.3) is 0 Å². The van der Waals surface area contributed by atoms with Crippen molar-refractivity contribution in [2.24, 2.45) is 0 Å². The highest BCUT2D eigenvalue weighted by Gasteiger charge is 2.07. The summed E-state index contributed by atoms with van der Waals surface area (Å²) in [6.07, 6.45) is 1.19. The Balaban J connectivity index is 2.00. The molecule has 0 radical (unpaired) electrons. The summed E-state index contributed by atoms with van der Waals surface area (Å²) in [5.41, 5.74) is 3.58. The maximum Gasteiger partial charge on any atom is 0.175 e. The van der Waals surface area contributed by atoms with E-state index in [1.165, 1.54) is 18.4 Å². The van der Waals surface area contributed by atoms with Gasteiger partial charge in [-0.1, -0.05) is 42.5 Å². The average Bonchev–Trinajstić information content (AvgIpc) is 2.54. The zero-order valence-corrected chi connectivity index (χ0v) is 13.3. The Labute approximate surface area is 135 Å². The van der Waals surface area contributed by atoms with Gasteiger partial charge < -0.3 is 0 Å². The molecule has 0 fully saturated rings. The molecular formula is C19H15FO2S. The quantitative estimate of drug-likeness (QED) is 0.707. The zero-order chi connectivity index (χ0) is 16.4. The summed E-state index contributed by atoms with van der Waals surface area (Å²) < 4.78 is 36.4. The second-order valence-corrected chi connectivity index (χ2v) is 7.40. The summed E-state index contributed by atoms with van der Waals surface area (Å²) in [4.78, 5) is 0.294. The fourth-order valence-electron chi connectivity index (χ4n) is 2.44. The third-order valence-electron chi connectivity index (χ3n) is 3.64. The standard InChI is InChI=1S/C19H15FO2S/c1-23(21,22)19-10-8-14(9-11-19)15-4-2-5-16(12-15)17-6-3-7-18(20)13-17/h2-13H,1H3. The van der Waals surface area contributed by atoms with Crippen LogP contribution in [0.1, 0.15) is 0 Å². The molecule has 0 aliphatic carbocycles. The predicted octanol–water partition coefficient (Wildman–Crippen LogP) is 4.56. The SMILES string of the molecule is CS(=O)(=O)c1ccc(-c2cccc(-c3cccc(F)c3)c2)cc1. The predicted molar refractivity (Wildman–Crippen MR) is 90.4 cm³/mol. The molecule has 3 aromatic carbocycles. The van der Waals surface area contributed by atoms with Gasteiger partial charge >= 0.3 is 0 Å². The van der Waals surface area contributed by atoms with E-state index in [1.54, 1.807) is 30.3 Å². The molecule has 3 aromatic rings. The number of hydrogen-bond donors (Lipinski definition) is 0.